The smallest absolute Gasteiger partial charge is 0.228 e. The lowest BCUT2D eigenvalue weighted by molar-refractivity contribution is -0.115. The number of nitrogens with zero attached hydrogens (tertiary/aromatic N) is 2. The van der Waals surface area contributed by atoms with E-state index in [0.29, 0.717) is 12.5 Å². The lowest BCUT2D eigenvalue weighted by atomic mass is 10.1. The van der Waals surface area contributed by atoms with E-state index in [-0.39, 0.29) is 12.3 Å². The van der Waals surface area contributed by atoms with Gasteiger partial charge in [0, 0.05) is 28.9 Å². The molecule has 2 N–H and O–H groups in total. The first-order chi connectivity index (χ1) is 12.7. The first-order valence-corrected chi connectivity index (χ1v) is 8.81. The van der Waals surface area contributed by atoms with Gasteiger partial charge in [0.05, 0.1) is 17.8 Å². The molecule has 0 aliphatic carbocycles. The summed E-state index contributed by atoms with van der Waals surface area (Å²) in [7, 11) is 0. The second-order valence-electron chi connectivity index (χ2n) is 6.11. The number of carbonyl (C=O) groups is 1. The van der Waals surface area contributed by atoms with Crippen LogP contribution in [0.5, 0.6) is 0 Å². The number of anilines is 2. The van der Waals surface area contributed by atoms with Crippen molar-refractivity contribution < 1.29 is 4.79 Å². The van der Waals surface area contributed by atoms with Crippen molar-refractivity contribution in [1.82, 2.24) is 9.97 Å². The van der Waals surface area contributed by atoms with Gasteiger partial charge in [-0.1, -0.05) is 48.0 Å². The topological polar surface area (TPSA) is 66.9 Å². The fourth-order valence-corrected chi connectivity index (χ4v) is 3.26. The van der Waals surface area contributed by atoms with Crippen LogP contribution < -0.4 is 10.6 Å². The van der Waals surface area contributed by atoms with Crippen molar-refractivity contribution in [2.75, 3.05) is 17.2 Å². The first-order valence-electron chi connectivity index (χ1n) is 8.43. The molecule has 3 aromatic rings. The fraction of sp³-hybridized carbons (Fsp3) is 0.150. The van der Waals surface area contributed by atoms with E-state index >= 15 is 0 Å². The van der Waals surface area contributed by atoms with Crippen LogP contribution in [0, 0.1) is 0 Å². The van der Waals surface area contributed by atoms with Crippen molar-refractivity contribution in [2.24, 2.45) is 0 Å². The van der Waals surface area contributed by atoms with Crippen molar-refractivity contribution >= 4 is 29.1 Å². The Bertz CT molecular complexity index is 974. The van der Waals surface area contributed by atoms with Crippen molar-refractivity contribution in [2.45, 2.75) is 12.8 Å². The van der Waals surface area contributed by atoms with E-state index in [1.807, 2.05) is 48.5 Å². The molecular formula is C20H17ClN4O. The molecule has 1 aliphatic heterocycles. The Morgan fingerprint density at radius 1 is 1.12 bits per heavy atom. The van der Waals surface area contributed by atoms with Crippen molar-refractivity contribution in [1.29, 1.82) is 0 Å². The van der Waals surface area contributed by atoms with Crippen LogP contribution in [-0.2, 0) is 17.6 Å². The summed E-state index contributed by atoms with van der Waals surface area (Å²) >= 11 is 6.19. The van der Waals surface area contributed by atoms with E-state index < -0.39 is 0 Å². The van der Waals surface area contributed by atoms with Gasteiger partial charge in [-0.3, -0.25) is 4.79 Å². The molecule has 0 bridgehead atoms. The van der Waals surface area contributed by atoms with Crippen LogP contribution in [0.4, 0.5) is 11.6 Å². The van der Waals surface area contributed by atoms with Gasteiger partial charge in [0.1, 0.15) is 0 Å². The number of carbonyl (C=O) groups excluding carboxylic acids is 1. The van der Waals surface area contributed by atoms with Gasteiger partial charge < -0.3 is 10.6 Å². The molecule has 2 aromatic carbocycles. The van der Waals surface area contributed by atoms with Crippen molar-refractivity contribution in [3.63, 3.8) is 0 Å². The molecule has 0 fully saturated rings. The summed E-state index contributed by atoms with van der Waals surface area (Å²) in [6, 6.07) is 15.5. The number of benzene rings is 2. The number of rotatable bonds is 4. The van der Waals surface area contributed by atoms with E-state index in [1.165, 1.54) is 0 Å². The van der Waals surface area contributed by atoms with Crippen LogP contribution in [0.1, 0.15) is 11.1 Å². The Morgan fingerprint density at radius 3 is 2.81 bits per heavy atom. The number of hydrogen-bond donors (Lipinski definition) is 2. The monoisotopic (exact) mass is 364 g/mol. The molecule has 130 valence electrons. The highest BCUT2D eigenvalue weighted by molar-refractivity contribution is 6.31. The molecule has 6 heteroatoms. The van der Waals surface area contributed by atoms with Gasteiger partial charge in [-0.15, -0.1) is 0 Å². The molecule has 0 radical (unpaired) electrons. The van der Waals surface area contributed by atoms with E-state index in [0.717, 1.165) is 39.5 Å². The van der Waals surface area contributed by atoms with Crippen molar-refractivity contribution in [3.05, 3.63) is 70.9 Å². The zero-order valence-electron chi connectivity index (χ0n) is 14.0. The van der Waals surface area contributed by atoms with Crippen LogP contribution >= 0.6 is 11.6 Å². The Morgan fingerprint density at radius 2 is 1.92 bits per heavy atom. The number of hydrogen-bond acceptors (Lipinski definition) is 4. The Balaban J connectivity index is 1.57. The van der Waals surface area contributed by atoms with Crippen LogP contribution in [0.15, 0.2) is 54.7 Å². The summed E-state index contributed by atoms with van der Waals surface area (Å²) < 4.78 is 0. The predicted octanol–water partition coefficient (Wildman–Crippen LogP) is 3.95. The van der Waals surface area contributed by atoms with Gasteiger partial charge in [-0.05, 0) is 24.1 Å². The maximum atomic E-state index is 12.1. The van der Waals surface area contributed by atoms with Gasteiger partial charge in [0.15, 0.2) is 0 Å². The number of nitrogens with one attached hydrogen (secondary N) is 2. The quantitative estimate of drug-likeness (QED) is 0.735. The normalized spacial score (nSPS) is 12.6. The van der Waals surface area contributed by atoms with Crippen LogP contribution in [0.25, 0.3) is 11.3 Å². The number of aromatic nitrogens is 2. The Kier molecular flexibility index (Phi) is 4.54. The molecule has 0 atom stereocenters. The average Bonchev–Trinajstić information content (AvgIpc) is 2.78. The zero-order valence-corrected chi connectivity index (χ0v) is 14.8. The predicted molar refractivity (Wildman–Crippen MR) is 103 cm³/mol. The number of fused-ring (bicyclic) bond motifs is 3. The summed E-state index contributed by atoms with van der Waals surface area (Å²) in [6.07, 6.45) is 2.77. The molecule has 0 spiro atoms. The molecule has 4 rings (SSSR count). The Labute approximate surface area is 156 Å². The molecule has 0 saturated carbocycles. The Hall–Kier alpha value is -2.92. The minimum atomic E-state index is -0.0563. The number of halogens is 1. The molecule has 2 heterocycles. The van der Waals surface area contributed by atoms with Gasteiger partial charge in [-0.25, -0.2) is 9.97 Å². The third-order valence-corrected chi connectivity index (χ3v) is 4.68. The van der Waals surface area contributed by atoms with Crippen molar-refractivity contribution in [3.8, 4) is 11.3 Å². The SMILES string of the molecule is O=C1Cc2cnc(NCCc3ccccc3Cl)nc2-c2ccccc2N1. The molecular weight excluding hydrogens is 348 g/mol. The highest BCUT2D eigenvalue weighted by Gasteiger charge is 2.20. The van der Waals surface area contributed by atoms with E-state index in [2.05, 4.69) is 20.6 Å². The summed E-state index contributed by atoms with van der Waals surface area (Å²) in [5.41, 5.74) is 4.37. The summed E-state index contributed by atoms with van der Waals surface area (Å²) in [4.78, 5) is 21.1. The first kappa shape index (κ1) is 16.5. The molecule has 1 aliphatic rings. The standard InChI is InChI=1S/C20H17ClN4O/c21-16-7-3-1-5-13(16)9-10-22-20-23-12-14-11-18(26)24-17-8-4-2-6-15(17)19(14)25-20/h1-8,12H,9-11H2,(H,24,26)(H,22,23,25). The molecule has 26 heavy (non-hydrogen) atoms. The highest BCUT2D eigenvalue weighted by Crippen LogP contribution is 2.32. The molecule has 1 aromatic heterocycles. The molecule has 0 saturated heterocycles. The number of para-hydroxylation sites is 1. The van der Waals surface area contributed by atoms with Gasteiger partial charge in [0.2, 0.25) is 11.9 Å². The fourth-order valence-electron chi connectivity index (χ4n) is 3.03. The second-order valence-corrected chi connectivity index (χ2v) is 6.51. The highest BCUT2D eigenvalue weighted by atomic mass is 35.5. The minimum absolute atomic E-state index is 0.0563. The summed E-state index contributed by atoms with van der Waals surface area (Å²) in [5.74, 6) is 0.485. The molecule has 1 amide bonds. The minimum Gasteiger partial charge on any atom is -0.354 e. The zero-order chi connectivity index (χ0) is 17.9. The second kappa shape index (κ2) is 7.14. The maximum Gasteiger partial charge on any atom is 0.228 e. The van der Waals surface area contributed by atoms with Crippen LogP contribution in [0.2, 0.25) is 5.02 Å². The molecule has 0 unspecified atom stereocenters. The van der Waals surface area contributed by atoms with Gasteiger partial charge in [-0.2, -0.15) is 0 Å². The van der Waals surface area contributed by atoms with Crippen LogP contribution in [0.3, 0.4) is 0 Å². The molecule has 5 nitrogen and oxygen atoms in total. The maximum absolute atomic E-state index is 12.1. The van der Waals surface area contributed by atoms with E-state index in [9.17, 15) is 4.79 Å². The largest absolute Gasteiger partial charge is 0.354 e. The third kappa shape index (κ3) is 3.39. The van der Waals surface area contributed by atoms with Crippen LogP contribution in [-0.4, -0.2) is 22.4 Å². The summed E-state index contributed by atoms with van der Waals surface area (Å²) in [6.45, 7) is 0.668. The van der Waals surface area contributed by atoms with Gasteiger partial charge >= 0.3 is 0 Å². The average molecular weight is 365 g/mol. The third-order valence-electron chi connectivity index (χ3n) is 4.31. The van der Waals surface area contributed by atoms with E-state index in [4.69, 9.17) is 11.6 Å². The van der Waals surface area contributed by atoms with Gasteiger partial charge in [0.25, 0.3) is 0 Å². The lowest BCUT2D eigenvalue weighted by Crippen LogP contribution is -2.13. The lowest BCUT2D eigenvalue weighted by Gasteiger charge is -2.10. The van der Waals surface area contributed by atoms with E-state index in [1.54, 1.807) is 6.20 Å². The summed E-state index contributed by atoms with van der Waals surface area (Å²) in [5, 5.41) is 6.92. The number of amides is 1.